The zero-order valence-corrected chi connectivity index (χ0v) is 25.4. The van der Waals surface area contributed by atoms with E-state index in [2.05, 4.69) is 79.7 Å². The van der Waals surface area contributed by atoms with Gasteiger partial charge in [-0.3, -0.25) is 0 Å². The molecule has 0 amide bonds. The van der Waals surface area contributed by atoms with Crippen LogP contribution in [0.4, 0.5) is 0 Å². The zero-order valence-electron chi connectivity index (χ0n) is 21.8. The molecule has 0 heterocycles. The average Bonchev–Trinajstić information content (AvgIpc) is 3.33. The first-order chi connectivity index (χ1) is 13.3. The summed E-state index contributed by atoms with van der Waals surface area (Å²) < 4.78 is 0. The van der Waals surface area contributed by atoms with Gasteiger partial charge in [-0.15, -0.1) is 34.5 Å². The van der Waals surface area contributed by atoms with E-state index in [4.69, 9.17) is 0 Å². The molecule has 0 saturated carbocycles. The van der Waals surface area contributed by atoms with Gasteiger partial charge in [0.1, 0.15) is 0 Å². The van der Waals surface area contributed by atoms with Gasteiger partial charge in [-0.05, 0) is 31.1 Å². The maximum Gasteiger partial charge on any atom is 4.00 e. The SMILES string of the molecule is CC[c-]1ccc2cc3c(cc21)CC(CC)(CC)C3.Cc1c(C)c(C)[c-](C)c1C.[CH3-].[CH3-].[Hf+4]. The Bertz CT molecular complexity index is 896. The van der Waals surface area contributed by atoms with Gasteiger partial charge in [0.15, 0.2) is 0 Å². The Labute approximate surface area is 212 Å². The summed E-state index contributed by atoms with van der Waals surface area (Å²) in [6.07, 6.45) is 6.35. The summed E-state index contributed by atoms with van der Waals surface area (Å²) in [5.74, 6) is 0. The third-order valence-corrected chi connectivity index (χ3v) is 8.01. The van der Waals surface area contributed by atoms with Gasteiger partial charge in [0.2, 0.25) is 0 Å². The number of hydrogen-bond donors (Lipinski definition) is 0. The minimum Gasteiger partial charge on any atom is -0.358 e. The molecule has 0 aliphatic heterocycles. The van der Waals surface area contributed by atoms with E-state index in [1.54, 1.807) is 11.1 Å². The third kappa shape index (κ3) is 5.52. The van der Waals surface area contributed by atoms with Crippen LogP contribution in [0.25, 0.3) is 10.8 Å². The molecule has 0 atom stereocenters. The molecule has 0 nitrogen and oxygen atoms in total. The predicted octanol–water partition coefficient (Wildman–Crippen LogP) is 8.87. The Morgan fingerprint density at radius 2 is 1.32 bits per heavy atom. The first kappa shape index (κ1) is 30.1. The molecule has 4 rings (SSSR count). The Morgan fingerprint density at radius 3 is 1.71 bits per heavy atom. The van der Waals surface area contributed by atoms with Gasteiger partial charge in [-0.2, -0.15) is 33.9 Å². The van der Waals surface area contributed by atoms with Gasteiger partial charge < -0.3 is 14.9 Å². The van der Waals surface area contributed by atoms with Crippen LogP contribution in [-0.2, 0) is 45.1 Å². The van der Waals surface area contributed by atoms with E-state index in [1.807, 2.05) is 0 Å². The van der Waals surface area contributed by atoms with E-state index < -0.39 is 0 Å². The van der Waals surface area contributed by atoms with Crippen molar-refractivity contribution < 1.29 is 25.8 Å². The number of rotatable bonds is 3. The van der Waals surface area contributed by atoms with Crippen LogP contribution in [0, 0.1) is 54.9 Å². The van der Waals surface area contributed by atoms with Crippen LogP contribution in [0.3, 0.4) is 0 Å². The summed E-state index contributed by atoms with van der Waals surface area (Å²) in [5, 5.41) is 2.95. The number of benzene rings is 1. The molecular formula is C30H44Hf. The second-order valence-corrected chi connectivity index (χ2v) is 9.11. The molecule has 3 aromatic carbocycles. The molecule has 0 aromatic heterocycles. The molecular weight excluding hydrogens is 539 g/mol. The van der Waals surface area contributed by atoms with Crippen molar-refractivity contribution in [2.24, 2.45) is 5.41 Å². The molecule has 0 bridgehead atoms. The molecule has 0 spiro atoms. The minimum absolute atomic E-state index is 0. The fourth-order valence-electron chi connectivity index (χ4n) is 5.07. The van der Waals surface area contributed by atoms with E-state index >= 15 is 0 Å². The molecule has 168 valence electrons. The fourth-order valence-corrected chi connectivity index (χ4v) is 5.07. The largest absolute Gasteiger partial charge is 4.00 e. The zero-order chi connectivity index (χ0) is 20.6. The van der Waals surface area contributed by atoms with Gasteiger partial charge in [0.25, 0.3) is 0 Å². The molecule has 0 radical (unpaired) electrons. The quantitative estimate of drug-likeness (QED) is 0.214. The van der Waals surface area contributed by atoms with Crippen LogP contribution in [0.5, 0.6) is 0 Å². The number of fused-ring (bicyclic) bond motifs is 2. The normalized spacial score (nSPS) is 13.4. The predicted molar refractivity (Wildman–Crippen MR) is 138 cm³/mol. The van der Waals surface area contributed by atoms with Gasteiger partial charge in [0, 0.05) is 0 Å². The van der Waals surface area contributed by atoms with Crippen LogP contribution >= 0.6 is 0 Å². The molecule has 31 heavy (non-hydrogen) atoms. The van der Waals surface area contributed by atoms with Crippen LogP contribution in [-0.4, -0.2) is 0 Å². The maximum atomic E-state index is 2.48. The van der Waals surface area contributed by atoms with Crippen molar-refractivity contribution >= 4 is 10.8 Å². The van der Waals surface area contributed by atoms with Crippen LogP contribution in [0.2, 0.25) is 0 Å². The number of aryl methyl sites for hydroxylation is 1. The van der Waals surface area contributed by atoms with Gasteiger partial charge >= 0.3 is 25.8 Å². The van der Waals surface area contributed by atoms with Crippen LogP contribution in [0.15, 0.2) is 24.3 Å². The molecule has 1 aliphatic carbocycles. The van der Waals surface area contributed by atoms with E-state index in [0.29, 0.717) is 5.41 Å². The summed E-state index contributed by atoms with van der Waals surface area (Å²) in [4.78, 5) is 0. The summed E-state index contributed by atoms with van der Waals surface area (Å²) in [7, 11) is 0. The smallest absolute Gasteiger partial charge is 0.358 e. The molecule has 0 fully saturated rings. The number of hydrogen-bond acceptors (Lipinski definition) is 0. The first-order valence-electron chi connectivity index (χ1n) is 11.2. The molecule has 1 heteroatoms. The average molecular weight is 583 g/mol. The summed E-state index contributed by atoms with van der Waals surface area (Å²) >= 11 is 0. The summed E-state index contributed by atoms with van der Waals surface area (Å²) in [6, 6.07) is 9.53. The summed E-state index contributed by atoms with van der Waals surface area (Å²) in [5.41, 5.74) is 12.6. The van der Waals surface area contributed by atoms with Crippen molar-refractivity contribution in [3.8, 4) is 0 Å². The third-order valence-electron chi connectivity index (χ3n) is 8.01. The first-order valence-corrected chi connectivity index (χ1v) is 11.2. The standard InChI is InChI=1S/C18H23.C10H15.2CH3.Hf/c1-4-13-7-8-14-9-15-11-18(5-2,6-3)12-16(15)10-17(13)14;1-6-7(2)9(4)10(5)8(6)3;;;/h7-10H,4-6,11-12H2,1-3H3;1-5H3;2*1H3;/q4*-1;+4. The fraction of sp³-hybridized carbons (Fsp3) is 0.467. The van der Waals surface area contributed by atoms with Crippen molar-refractivity contribution in [3.63, 3.8) is 0 Å². The Balaban J connectivity index is 0.000000604. The molecule has 1 aliphatic rings. The van der Waals surface area contributed by atoms with Gasteiger partial charge in [0.05, 0.1) is 0 Å². The minimum atomic E-state index is 0. The Hall–Kier alpha value is -0.950. The van der Waals surface area contributed by atoms with Crippen LogP contribution in [0.1, 0.15) is 78.1 Å². The van der Waals surface area contributed by atoms with E-state index in [1.165, 1.54) is 69.8 Å². The van der Waals surface area contributed by atoms with Crippen molar-refractivity contribution in [3.05, 3.63) is 83.6 Å². The molecule has 3 aromatic rings. The van der Waals surface area contributed by atoms with Crippen molar-refractivity contribution in [1.82, 2.24) is 0 Å². The van der Waals surface area contributed by atoms with Crippen molar-refractivity contribution in [2.75, 3.05) is 0 Å². The van der Waals surface area contributed by atoms with E-state index in [-0.39, 0.29) is 40.7 Å². The molecule has 0 unspecified atom stereocenters. The molecule has 0 N–H and O–H groups in total. The summed E-state index contributed by atoms with van der Waals surface area (Å²) in [6.45, 7) is 18.0. The van der Waals surface area contributed by atoms with E-state index in [9.17, 15) is 0 Å². The molecule has 0 saturated heterocycles. The van der Waals surface area contributed by atoms with Gasteiger partial charge in [-0.1, -0.05) is 72.9 Å². The maximum absolute atomic E-state index is 2.48. The second-order valence-electron chi connectivity index (χ2n) is 9.11. The monoisotopic (exact) mass is 584 g/mol. The van der Waals surface area contributed by atoms with Gasteiger partial charge in [-0.25, -0.2) is 0 Å². The Kier molecular flexibility index (Phi) is 11.4. The van der Waals surface area contributed by atoms with Crippen molar-refractivity contribution in [2.45, 2.75) is 87.5 Å². The Morgan fingerprint density at radius 1 is 0.839 bits per heavy atom. The van der Waals surface area contributed by atoms with Crippen LogP contribution < -0.4 is 0 Å². The topological polar surface area (TPSA) is 0 Å². The van der Waals surface area contributed by atoms with E-state index in [0.717, 1.165) is 6.42 Å². The second kappa shape index (κ2) is 11.8. The van der Waals surface area contributed by atoms with Crippen molar-refractivity contribution in [1.29, 1.82) is 0 Å².